The number of hydrogen-bond acceptors (Lipinski definition) is 3. The molecule has 0 aliphatic heterocycles. The van der Waals surface area contributed by atoms with Crippen molar-refractivity contribution < 1.29 is 9.53 Å². The molecule has 0 aliphatic rings. The molecule has 0 radical (unpaired) electrons. The SMILES string of the molecule is COC(=O)C(CC(C)C)NCC=C(C)C. The summed E-state index contributed by atoms with van der Waals surface area (Å²) in [5.41, 5.74) is 1.25. The summed E-state index contributed by atoms with van der Waals surface area (Å²) in [4.78, 5) is 11.4. The van der Waals surface area contributed by atoms with Crippen molar-refractivity contribution in [2.75, 3.05) is 13.7 Å². The molecule has 88 valence electrons. The van der Waals surface area contributed by atoms with Crippen LogP contribution >= 0.6 is 0 Å². The van der Waals surface area contributed by atoms with Crippen molar-refractivity contribution in [1.82, 2.24) is 5.32 Å². The Bertz CT molecular complexity index is 218. The largest absolute Gasteiger partial charge is 0.468 e. The first kappa shape index (κ1) is 14.2. The van der Waals surface area contributed by atoms with Crippen molar-refractivity contribution in [3.63, 3.8) is 0 Å². The fourth-order valence-corrected chi connectivity index (χ4v) is 1.28. The molecule has 0 aromatic heterocycles. The van der Waals surface area contributed by atoms with Crippen LogP contribution < -0.4 is 5.32 Å². The number of esters is 1. The van der Waals surface area contributed by atoms with Gasteiger partial charge in [-0.15, -0.1) is 0 Å². The first-order chi connectivity index (χ1) is 6.97. The van der Waals surface area contributed by atoms with Gasteiger partial charge in [-0.3, -0.25) is 4.79 Å². The van der Waals surface area contributed by atoms with Gasteiger partial charge in [-0.25, -0.2) is 0 Å². The van der Waals surface area contributed by atoms with Gasteiger partial charge < -0.3 is 10.1 Å². The van der Waals surface area contributed by atoms with Crippen molar-refractivity contribution in [2.45, 2.75) is 40.2 Å². The number of hydrogen-bond donors (Lipinski definition) is 1. The molecule has 0 saturated carbocycles. The van der Waals surface area contributed by atoms with E-state index in [1.165, 1.54) is 12.7 Å². The smallest absolute Gasteiger partial charge is 0.322 e. The second-order valence-electron chi connectivity index (χ2n) is 4.40. The lowest BCUT2D eigenvalue weighted by molar-refractivity contribution is -0.143. The van der Waals surface area contributed by atoms with E-state index in [9.17, 15) is 4.79 Å². The molecule has 0 aromatic rings. The van der Waals surface area contributed by atoms with Crippen LogP contribution in [-0.4, -0.2) is 25.7 Å². The standard InChI is InChI=1S/C12H23NO2/c1-9(2)6-7-13-11(8-10(3)4)12(14)15-5/h6,10-11,13H,7-8H2,1-5H3. The monoisotopic (exact) mass is 213 g/mol. The Kier molecular flexibility index (Phi) is 7.05. The Morgan fingerprint density at radius 2 is 2.00 bits per heavy atom. The highest BCUT2D eigenvalue weighted by molar-refractivity contribution is 5.75. The van der Waals surface area contributed by atoms with Crippen molar-refractivity contribution in [3.05, 3.63) is 11.6 Å². The van der Waals surface area contributed by atoms with Crippen molar-refractivity contribution in [2.24, 2.45) is 5.92 Å². The molecule has 0 spiro atoms. The average molecular weight is 213 g/mol. The molecule has 0 fully saturated rings. The lowest BCUT2D eigenvalue weighted by Crippen LogP contribution is -2.38. The van der Waals surface area contributed by atoms with E-state index in [-0.39, 0.29) is 12.0 Å². The number of allylic oxidation sites excluding steroid dienone is 1. The predicted octanol–water partition coefficient (Wildman–Crippen LogP) is 2.13. The van der Waals surface area contributed by atoms with E-state index in [1.807, 2.05) is 13.8 Å². The first-order valence-electron chi connectivity index (χ1n) is 5.42. The zero-order chi connectivity index (χ0) is 11.8. The number of carbonyl (C=O) groups is 1. The summed E-state index contributed by atoms with van der Waals surface area (Å²) in [7, 11) is 1.43. The summed E-state index contributed by atoms with van der Waals surface area (Å²) in [6.07, 6.45) is 2.87. The number of methoxy groups -OCH3 is 1. The fraction of sp³-hybridized carbons (Fsp3) is 0.750. The van der Waals surface area contributed by atoms with E-state index in [0.717, 1.165) is 13.0 Å². The van der Waals surface area contributed by atoms with Crippen LogP contribution in [0.1, 0.15) is 34.1 Å². The molecule has 1 N–H and O–H groups in total. The third-order valence-corrected chi connectivity index (χ3v) is 2.07. The summed E-state index contributed by atoms with van der Waals surface area (Å²) < 4.78 is 4.75. The van der Waals surface area contributed by atoms with Gasteiger partial charge >= 0.3 is 5.97 Å². The minimum absolute atomic E-state index is 0.175. The van der Waals surface area contributed by atoms with Crippen LogP contribution in [0.2, 0.25) is 0 Å². The molecule has 0 aromatic carbocycles. The molecule has 3 nitrogen and oxygen atoms in total. The van der Waals surface area contributed by atoms with Crippen LogP contribution in [-0.2, 0) is 9.53 Å². The molecule has 0 bridgehead atoms. The molecular formula is C12H23NO2. The van der Waals surface area contributed by atoms with Gasteiger partial charge in [-0.2, -0.15) is 0 Å². The molecule has 0 aliphatic carbocycles. The number of rotatable bonds is 6. The Morgan fingerprint density at radius 1 is 1.40 bits per heavy atom. The maximum absolute atomic E-state index is 11.4. The summed E-state index contributed by atoms with van der Waals surface area (Å²) in [6, 6.07) is -0.189. The Labute approximate surface area is 92.9 Å². The lowest BCUT2D eigenvalue weighted by atomic mass is 10.0. The van der Waals surface area contributed by atoms with E-state index in [0.29, 0.717) is 5.92 Å². The molecule has 0 amide bonds. The average Bonchev–Trinajstić information content (AvgIpc) is 2.14. The van der Waals surface area contributed by atoms with E-state index < -0.39 is 0 Å². The molecule has 1 atom stereocenters. The second-order valence-corrected chi connectivity index (χ2v) is 4.40. The maximum atomic E-state index is 11.4. The van der Waals surface area contributed by atoms with E-state index >= 15 is 0 Å². The van der Waals surface area contributed by atoms with Gasteiger partial charge in [0.1, 0.15) is 6.04 Å². The van der Waals surface area contributed by atoms with Crippen LogP contribution in [0.5, 0.6) is 0 Å². The highest BCUT2D eigenvalue weighted by Gasteiger charge is 2.18. The minimum atomic E-state index is -0.189. The zero-order valence-electron chi connectivity index (χ0n) is 10.5. The normalized spacial score (nSPS) is 12.4. The first-order valence-corrected chi connectivity index (χ1v) is 5.42. The highest BCUT2D eigenvalue weighted by atomic mass is 16.5. The maximum Gasteiger partial charge on any atom is 0.322 e. The summed E-state index contributed by atoms with van der Waals surface area (Å²) in [6.45, 7) is 8.99. The number of nitrogens with one attached hydrogen (secondary N) is 1. The lowest BCUT2D eigenvalue weighted by Gasteiger charge is -2.17. The summed E-state index contributed by atoms with van der Waals surface area (Å²) in [5.74, 6) is 0.305. The molecule has 15 heavy (non-hydrogen) atoms. The Morgan fingerprint density at radius 3 is 2.40 bits per heavy atom. The van der Waals surface area contributed by atoms with Crippen LogP contribution in [0.15, 0.2) is 11.6 Å². The van der Waals surface area contributed by atoms with Crippen LogP contribution in [0.3, 0.4) is 0 Å². The molecule has 0 saturated heterocycles. The topological polar surface area (TPSA) is 38.3 Å². The minimum Gasteiger partial charge on any atom is -0.468 e. The van der Waals surface area contributed by atoms with E-state index in [2.05, 4.69) is 25.2 Å². The van der Waals surface area contributed by atoms with Crippen LogP contribution in [0.25, 0.3) is 0 Å². The number of ether oxygens (including phenoxy) is 1. The van der Waals surface area contributed by atoms with Crippen LogP contribution in [0.4, 0.5) is 0 Å². The quantitative estimate of drug-likeness (QED) is 0.542. The summed E-state index contributed by atoms with van der Waals surface area (Å²) >= 11 is 0. The van der Waals surface area contributed by atoms with E-state index in [4.69, 9.17) is 4.74 Å². The molecule has 0 rings (SSSR count). The van der Waals surface area contributed by atoms with Crippen LogP contribution in [0, 0.1) is 5.92 Å². The molecule has 0 heterocycles. The van der Waals surface area contributed by atoms with Gasteiger partial charge in [0.15, 0.2) is 0 Å². The van der Waals surface area contributed by atoms with Crippen molar-refractivity contribution in [3.8, 4) is 0 Å². The molecular weight excluding hydrogens is 190 g/mol. The van der Waals surface area contributed by atoms with Crippen molar-refractivity contribution in [1.29, 1.82) is 0 Å². The fourth-order valence-electron chi connectivity index (χ4n) is 1.28. The van der Waals surface area contributed by atoms with Gasteiger partial charge in [0, 0.05) is 6.54 Å². The third kappa shape index (κ3) is 7.14. The zero-order valence-corrected chi connectivity index (χ0v) is 10.5. The second kappa shape index (κ2) is 7.46. The predicted molar refractivity (Wildman–Crippen MR) is 62.7 cm³/mol. The van der Waals surface area contributed by atoms with Gasteiger partial charge in [0.25, 0.3) is 0 Å². The molecule has 1 unspecified atom stereocenters. The Balaban J connectivity index is 4.13. The highest BCUT2D eigenvalue weighted by Crippen LogP contribution is 2.06. The van der Waals surface area contributed by atoms with Gasteiger partial charge in [0.2, 0.25) is 0 Å². The van der Waals surface area contributed by atoms with E-state index in [1.54, 1.807) is 0 Å². The summed E-state index contributed by atoms with van der Waals surface area (Å²) in [5, 5.41) is 3.18. The van der Waals surface area contributed by atoms with Gasteiger partial charge in [0.05, 0.1) is 7.11 Å². The molecule has 3 heteroatoms. The Hall–Kier alpha value is -0.830. The number of carbonyl (C=O) groups excluding carboxylic acids is 1. The third-order valence-electron chi connectivity index (χ3n) is 2.07. The van der Waals surface area contributed by atoms with Gasteiger partial charge in [-0.05, 0) is 26.2 Å². The van der Waals surface area contributed by atoms with Crippen molar-refractivity contribution >= 4 is 5.97 Å². The van der Waals surface area contributed by atoms with Gasteiger partial charge in [-0.1, -0.05) is 25.5 Å².